The van der Waals surface area contributed by atoms with Gasteiger partial charge in [0.15, 0.2) is 9.84 Å². The van der Waals surface area contributed by atoms with Crippen molar-refractivity contribution in [1.29, 1.82) is 0 Å². The van der Waals surface area contributed by atoms with Gasteiger partial charge in [-0.25, -0.2) is 8.42 Å². The smallest absolute Gasteiger partial charge is 0.308 e. The summed E-state index contributed by atoms with van der Waals surface area (Å²) < 4.78 is 23.1. The third kappa shape index (κ3) is 3.50. The fraction of sp³-hybridized carbons (Fsp3) is 0.846. The third-order valence-corrected chi connectivity index (χ3v) is 6.37. The van der Waals surface area contributed by atoms with Crippen LogP contribution in [-0.2, 0) is 19.4 Å². The van der Waals surface area contributed by atoms with Crippen LogP contribution in [0, 0.1) is 5.92 Å². The SMILES string of the molecule is C[C@@H]1[C@H](C(=O)O)CCCN1C(=O)CS(=O)(=O)C(C)(C)C. The van der Waals surface area contributed by atoms with E-state index in [1.807, 2.05) is 0 Å². The monoisotopic (exact) mass is 305 g/mol. The second-order valence-electron chi connectivity index (χ2n) is 6.29. The molecule has 1 amide bonds. The van der Waals surface area contributed by atoms with Crippen molar-refractivity contribution in [2.24, 2.45) is 5.92 Å². The van der Waals surface area contributed by atoms with Crippen LogP contribution in [0.4, 0.5) is 0 Å². The van der Waals surface area contributed by atoms with Gasteiger partial charge in [-0.3, -0.25) is 9.59 Å². The standard InChI is InChI=1S/C13H23NO5S/c1-9-10(12(16)17)6-5-7-14(9)11(15)8-20(18,19)13(2,3)4/h9-10H,5-8H2,1-4H3,(H,16,17)/t9-,10-/m1/s1. The number of carboxylic acid groups (broad SMARTS) is 1. The van der Waals surface area contributed by atoms with Gasteiger partial charge >= 0.3 is 5.97 Å². The summed E-state index contributed by atoms with van der Waals surface area (Å²) in [5.41, 5.74) is 0. The number of rotatable bonds is 3. The van der Waals surface area contributed by atoms with Crippen LogP contribution in [0.2, 0.25) is 0 Å². The van der Waals surface area contributed by atoms with E-state index in [9.17, 15) is 18.0 Å². The maximum absolute atomic E-state index is 12.2. The molecule has 1 heterocycles. The van der Waals surface area contributed by atoms with Gasteiger partial charge in [0.25, 0.3) is 0 Å². The average molecular weight is 305 g/mol. The second-order valence-corrected chi connectivity index (χ2v) is 9.03. The molecular weight excluding hydrogens is 282 g/mol. The number of carbonyl (C=O) groups excluding carboxylic acids is 1. The number of hydrogen-bond acceptors (Lipinski definition) is 4. The molecule has 1 fully saturated rings. The molecule has 0 bridgehead atoms. The minimum absolute atomic E-state index is 0.420. The Hall–Kier alpha value is -1.11. The van der Waals surface area contributed by atoms with E-state index >= 15 is 0 Å². The van der Waals surface area contributed by atoms with Gasteiger partial charge in [-0.1, -0.05) is 0 Å². The number of likely N-dealkylation sites (tertiary alicyclic amines) is 1. The Labute approximate surface area is 120 Å². The topological polar surface area (TPSA) is 91.8 Å². The molecule has 1 rings (SSSR count). The van der Waals surface area contributed by atoms with E-state index in [1.54, 1.807) is 27.7 Å². The van der Waals surface area contributed by atoms with Crippen LogP contribution in [0.1, 0.15) is 40.5 Å². The number of carboxylic acids is 1. The van der Waals surface area contributed by atoms with E-state index < -0.39 is 44.2 Å². The molecule has 1 aliphatic heterocycles. The fourth-order valence-electron chi connectivity index (χ4n) is 2.29. The molecule has 1 N–H and O–H groups in total. The Morgan fingerprint density at radius 2 is 1.85 bits per heavy atom. The van der Waals surface area contributed by atoms with Crippen molar-refractivity contribution in [3.8, 4) is 0 Å². The number of nitrogens with zero attached hydrogens (tertiary/aromatic N) is 1. The van der Waals surface area contributed by atoms with Crippen LogP contribution < -0.4 is 0 Å². The van der Waals surface area contributed by atoms with Crippen LogP contribution in [-0.4, -0.2) is 53.4 Å². The Morgan fingerprint density at radius 1 is 1.30 bits per heavy atom. The van der Waals surface area contributed by atoms with E-state index in [2.05, 4.69) is 0 Å². The van der Waals surface area contributed by atoms with E-state index in [0.29, 0.717) is 19.4 Å². The number of carbonyl (C=O) groups is 2. The number of aliphatic carboxylic acids is 1. The van der Waals surface area contributed by atoms with Gasteiger partial charge in [-0.05, 0) is 40.5 Å². The zero-order valence-corrected chi connectivity index (χ0v) is 13.2. The van der Waals surface area contributed by atoms with E-state index in [1.165, 1.54) is 4.90 Å². The zero-order chi connectivity index (χ0) is 15.7. The van der Waals surface area contributed by atoms with Gasteiger partial charge in [0.1, 0.15) is 5.75 Å². The highest BCUT2D eigenvalue weighted by molar-refractivity contribution is 7.93. The van der Waals surface area contributed by atoms with Crippen LogP contribution in [0.3, 0.4) is 0 Å². The minimum Gasteiger partial charge on any atom is -0.481 e. The van der Waals surface area contributed by atoms with Crippen molar-refractivity contribution in [3.05, 3.63) is 0 Å². The maximum Gasteiger partial charge on any atom is 0.308 e. The highest BCUT2D eigenvalue weighted by Gasteiger charge is 2.38. The molecule has 116 valence electrons. The molecule has 0 unspecified atom stereocenters. The molecule has 0 aromatic carbocycles. The quantitative estimate of drug-likeness (QED) is 0.837. The van der Waals surface area contributed by atoms with E-state index in [4.69, 9.17) is 5.11 Å². The summed E-state index contributed by atoms with van der Waals surface area (Å²) in [4.78, 5) is 24.7. The molecule has 1 aliphatic rings. The van der Waals surface area contributed by atoms with Crippen molar-refractivity contribution in [2.75, 3.05) is 12.3 Å². The Balaban J connectivity index is 2.85. The lowest BCUT2D eigenvalue weighted by Gasteiger charge is -2.37. The minimum atomic E-state index is -3.55. The van der Waals surface area contributed by atoms with Gasteiger partial charge in [0, 0.05) is 12.6 Å². The maximum atomic E-state index is 12.2. The van der Waals surface area contributed by atoms with E-state index in [0.717, 1.165) is 0 Å². The molecule has 20 heavy (non-hydrogen) atoms. The van der Waals surface area contributed by atoms with Crippen LogP contribution >= 0.6 is 0 Å². The molecule has 7 heteroatoms. The molecule has 0 saturated carbocycles. The lowest BCUT2D eigenvalue weighted by molar-refractivity contribution is -0.148. The van der Waals surface area contributed by atoms with Crippen molar-refractivity contribution >= 4 is 21.7 Å². The predicted molar refractivity (Wildman–Crippen MR) is 75.1 cm³/mol. The van der Waals surface area contributed by atoms with Crippen molar-refractivity contribution in [3.63, 3.8) is 0 Å². The summed E-state index contributed by atoms with van der Waals surface area (Å²) in [7, 11) is -3.55. The van der Waals surface area contributed by atoms with Crippen LogP contribution in [0.15, 0.2) is 0 Å². The molecule has 1 saturated heterocycles. The molecule has 6 nitrogen and oxygen atoms in total. The molecule has 0 radical (unpaired) electrons. The van der Waals surface area contributed by atoms with Gasteiger partial charge in [0.2, 0.25) is 5.91 Å². The highest BCUT2D eigenvalue weighted by atomic mass is 32.2. The largest absolute Gasteiger partial charge is 0.481 e. The molecular formula is C13H23NO5S. The normalized spacial score (nSPS) is 24.5. The van der Waals surface area contributed by atoms with Gasteiger partial charge < -0.3 is 10.0 Å². The average Bonchev–Trinajstić information content (AvgIpc) is 2.26. The second kappa shape index (κ2) is 5.71. The van der Waals surface area contributed by atoms with Crippen molar-refractivity contribution in [1.82, 2.24) is 4.90 Å². The number of piperidine rings is 1. The number of amides is 1. The first kappa shape index (κ1) is 16.9. The summed E-state index contributed by atoms with van der Waals surface area (Å²) in [5, 5.41) is 9.11. The fourth-order valence-corrected chi connectivity index (χ4v) is 3.21. The van der Waals surface area contributed by atoms with E-state index in [-0.39, 0.29) is 0 Å². The molecule has 0 aliphatic carbocycles. The van der Waals surface area contributed by atoms with Gasteiger partial charge in [-0.15, -0.1) is 0 Å². The van der Waals surface area contributed by atoms with Crippen molar-refractivity contribution in [2.45, 2.75) is 51.3 Å². The zero-order valence-electron chi connectivity index (χ0n) is 12.4. The summed E-state index contributed by atoms with van der Waals surface area (Å²) in [6.45, 7) is 6.74. The van der Waals surface area contributed by atoms with Gasteiger partial charge in [0.05, 0.1) is 10.7 Å². The first-order valence-corrected chi connectivity index (χ1v) is 8.37. The summed E-state index contributed by atoms with van der Waals surface area (Å²) in [6, 6.07) is -0.469. The number of sulfone groups is 1. The van der Waals surface area contributed by atoms with Crippen molar-refractivity contribution < 1.29 is 23.1 Å². The third-order valence-electron chi connectivity index (χ3n) is 3.87. The first-order chi connectivity index (χ1) is 8.97. The van der Waals surface area contributed by atoms with Gasteiger partial charge in [-0.2, -0.15) is 0 Å². The molecule has 2 atom stereocenters. The summed E-state index contributed by atoms with van der Waals surface area (Å²) >= 11 is 0. The Morgan fingerprint density at radius 3 is 2.30 bits per heavy atom. The molecule has 0 spiro atoms. The molecule has 0 aromatic heterocycles. The Bertz CT molecular complexity index is 491. The van der Waals surface area contributed by atoms with Crippen LogP contribution in [0.5, 0.6) is 0 Å². The lowest BCUT2D eigenvalue weighted by Crippen LogP contribution is -2.51. The summed E-state index contributed by atoms with van der Waals surface area (Å²) in [5.74, 6) is -2.62. The number of hydrogen-bond donors (Lipinski definition) is 1. The van der Waals surface area contributed by atoms with Crippen LogP contribution in [0.25, 0.3) is 0 Å². The lowest BCUT2D eigenvalue weighted by atomic mass is 9.90. The molecule has 0 aromatic rings. The first-order valence-electron chi connectivity index (χ1n) is 6.72. The Kier molecular flexibility index (Phi) is 4.84. The summed E-state index contributed by atoms with van der Waals surface area (Å²) in [6.07, 6.45) is 1.11. The highest BCUT2D eigenvalue weighted by Crippen LogP contribution is 2.25. The predicted octanol–water partition coefficient (Wildman–Crippen LogP) is 0.911.